The van der Waals surface area contributed by atoms with E-state index in [0.29, 0.717) is 5.25 Å². The molecule has 3 rings (SSSR count). The minimum absolute atomic E-state index is 0.125. The van der Waals surface area contributed by atoms with Gasteiger partial charge in [-0.3, -0.25) is 4.84 Å². The molecule has 3 unspecified atom stereocenters. The van der Waals surface area contributed by atoms with Crippen LogP contribution in [0.3, 0.4) is 0 Å². The Balaban J connectivity index is 2.13. The van der Waals surface area contributed by atoms with Crippen molar-refractivity contribution in [2.24, 2.45) is 0 Å². The molecule has 4 bridgehead atoms. The van der Waals surface area contributed by atoms with Crippen LogP contribution in [0.25, 0.3) is 0 Å². The van der Waals surface area contributed by atoms with Crippen molar-refractivity contribution < 1.29 is 9.57 Å². The van der Waals surface area contributed by atoms with Gasteiger partial charge < -0.3 is 4.74 Å². The highest BCUT2D eigenvalue weighted by Gasteiger charge is 2.52. The van der Waals surface area contributed by atoms with Gasteiger partial charge in [-0.25, -0.2) is 0 Å². The molecule has 0 saturated carbocycles. The number of hydroxylamine groups is 1. The average Bonchev–Trinajstić information content (AvgIpc) is 2.50. The number of thioether (sulfide) groups is 1. The van der Waals surface area contributed by atoms with E-state index in [2.05, 4.69) is 5.48 Å². The molecule has 0 aromatic carbocycles. The Kier molecular flexibility index (Phi) is 0.655. The van der Waals surface area contributed by atoms with E-state index >= 15 is 0 Å². The van der Waals surface area contributed by atoms with Crippen LogP contribution in [-0.4, -0.2) is 17.6 Å². The summed E-state index contributed by atoms with van der Waals surface area (Å²) in [6.45, 7) is 0. The molecule has 3 heterocycles. The zero-order valence-corrected chi connectivity index (χ0v) is 5.35. The summed E-state index contributed by atoms with van der Waals surface area (Å²) in [6.07, 6.45) is 0.333. The van der Waals surface area contributed by atoms with Gasteiger partial charge in [0.2, 0.25) is 0 Å². The van der Waals surface area contributed by atoms with Gasteiger partial charge in [-0.1, -0.05) is 0 Å². The summed E-state index contributed by atoms with van der Waals surface area (Å²) >= 11 is 1.80. The van der Waals surface area contributed by atoms with Crippen LogP contribution in [0.1, 0.15) is 0 Å². The largest absolute Gasteiger partial charge is 0.473 e. The Morgan fingerprint density at radius 3 is 3.22 bits per heavy atom. The third-order valence-electron chi connectivity index (χ3n) is 1.79. The maximum absolute atomic E-state index is 5.36. The lowest BCUT2D eigenvalue weighted by Gasteiger charge is -2.16. The van der Waals surface area contributed by atoms with E-state index in [0.717, 1.165) is 5.76 Å². The zero-order chi connectivity index (χ0) is 5.84. The molecule has 0 amide bonds. The molecule has 2 saturated heterocycles. The van der Waals surface area contributed by atoms with E-state index in [-0.39, 0.29) is 12.3 Å². The highest BCUT2D eigenvalue weighted by molar-refractivity contribution is 8.03. The molecular weight excluding hydrogens is 138 g/mol. The Morgan fingerprint density at radius 1 is 1.67 bits per heavy atom. The molecule has 2 fully saturated rings. The summed E-state index contributed by atoms with van der Waals surface area (Å²) in [5.74, 6) is 1.01. The Hall–Kier alpha value is -0.190. The van der Waals surface area contributed by atoms with E-state index < -0.39 is 0 Å². The summed E-state index contributed by atoms with van der Waals surface area (Å²) in [6, 6.07) is 0. The molecule has 1 N–H and O–H groups in total. The van der Waals surface area contributed by atoms with Crippen LogP contribution in [0.5, 0.6) is 0 Å². The number of rotatable bonds is 0. The van der Waals surface area contributed by atoms with E-state index in [1.807, 2.05) is 5.41 Å². The fourth-order valence-electron chi connectivity index (χ4n) is 1.34. The Morgan fingerprint density at radius 2 is 2.67 bits per heavy atom. The van der Waals surface area contributed by atoms with Crippen molar-refractivity contribution >= 4 is 11.8 Å². The van der Waals surface area contributed by atoms with Crippen LogP contribution in [0.2, 0.25) is 0 Å². The molecular formula is C5H5NO2S. The standard InChI is InChI=1S/C5H5NO2S/c1-2-3-4(9-1)5(7-2)6-8-3/h1,3-6H. The lowest BCUT2D eigenvalue weighted by molar-refractivity contribution is -0.0706. The molecule has 0 aromatic rings. The molecule has 3 aliphatic heterocycles. The minimum atomic E-state index is 0.125. The van der Waals surface area contributed by atoms with E-state index in [4.69, 9.17) is 9.57 Å². The fraction of sp³-hybridized carbons (Fsp3) is 0.600. The van der Waals surface area contributed by atoms with E-state index in [1.165, 1.54) is 0 Å². The van der Waals surface area contributed by atoms with E-state index in [9.17, 15) is 0 Å². The summed E-state index contributed by atoms with van der Waals surface area (Å²) < 4.78 is 5.36. The Bertz CT molecular complexity index is 193. The molecule has 3 atom stereocenters. The van der Waals surface area contributed by atoms with Gasteiger partial charge in [-0.2, -0.15) is 5.48 Å². The van der Waals surface area contributed by atoms with Crippen molar-refractivity contribution in [3.63, 3.8) is 0 Å². The molecule has 48 valence electrons. The van der Waals surface area contributed by atoms with Crippen molar-refractivity contribution in [2.45, 2.75) is 17.6 Å². The summed E-state index contributed by atoms with van der Waals surface area (Å²) in [5.41, 5.74) is 2.80. The normalized spacial score (nSPS) is 51.6. The summed E-state index contributed by atoms with van der Waals surface area (Å²) in [4.78, 5) is 5.17. The number of hydrogen-bond acceptors (Lipinski definition) is 4. The topological polar surface area (TPSA) is 30.5 Å². The lowest BCUT2D eigenvalue weighted by atomic mass is 10.3. The third kappa shape index (κ3) is 0.396. The van der Waals surface area contributed by atoms with Gasteiger partial charge in [0, 0.05) is 5.41 Å². The zero-order valence-electron chi connectivity index (χ0n) is 4.53. The number of ether oxygens (including phenoxy) is 1. The first-order valence-electron chi connectivity index (χ1n) is 2.88. The van der Waals surface area contributed by atoms with Crippen LogP contribution >= 0.6 is 11.8 Å². The fourth-order valence-corrected chi connectivity index (χ4v) is 2.41. The molecule has 0 aromatic heterocycles. The van der Waals surface area contributed by atoms with Crippen molar-refractivity contribution in [2.75, 3.05) is 0 Å². The first-order valence-corrected chi connectivity index (χ1v) is 3.83. The third-order valence-corrected chi connectivity index (χ3v) is 2.97. The molecule has 9 heavy (non-hydrogen) atoms. The predicted octanol–water partition coefficient (Wildman–Crippen LogP) is 0.203. The predicted molar refractivity (Wildman–Crippen MR) is 32.3 cm³/mol. The first kappa shape index (κ1) is 4.60. The minimum Gasteiger partial charge on any atom is -0.473 e. The molecule has 0 radical (unpaired) electrons. The van der Waals surface area contributed by atoms with Crippen LogP contribution in [0.4, 0.5) is 0 Å². The monoisotopic (exact) mass is 143 g/mol. The second kappa shape index (κ2) is 1.28. The van der Waals surface area contributed by atoms with Crippen molar-refractivity contribution in [3.8, 4) is 0 Å². The van der Waals surface area contributed by atoms with E-state index in [1.54, 1.807) is 11.8 Å². The molecule has 0 spiro atoms. The van der Waals surface area contributed by atoms with Gasteiger partial charge >= 0.3 is 0 Å². The SMILES string of the molecule is C1=C2OC3NOC2C3S1. The molecule has 3 nitrogen and oxygen atoms in total. The average molecular weight is 143 g/mol. The Labute approximate surface area is 56.3 Å². The number of hydrogen-bond donors (Lipinski definition) is 1. The smallest absolute Gasteiger partial charge is 0.186 e. The van der Waals surface area contributed by atoms with Crippen molar-refractivity contribution in [1.29, 1.82) is 0 Å². The van der Waals surface area contributed by atoms with Crippen LogP contribution in [-0.2, 0) is 9.57 Å². The molecule has 3 aliphatic rings. The second-order valence-electron chi connectivity index (χ2n) is 2.32. The highest BCUT2D eigenvalue weighted by atomic mass is 32.2. The maximum atomic E-state index is 5.36. The van der Waals surface area contributed by atoms with Gasteiger partial charge in [0.15, 0.2) is 12.3 Å². The van der Waals surface area contributed by atoms with Gasteiger partial charge in [0.25, 0.3) is 0 Å². The highest BCUT2D eigenvalue weighted by Crippen LogP contribution is 2.45. The second-order valence-corrected chi connectivity index (χ2v) is 3.37. The van der Waals surface area contributed by atoms with Gasteiger partial charge in [-0.15, -0.1) is 11.8 Å². The first-order chi connectivity index (χ1) is 4.45. The van der Waals surface area contributed by atoms with Gasteiger partial charge in [0.1, 0.15) is 5.76 Å². The van der Waals surface area contributed by atoms with Crippen LogP contribution < -0.4 is 5.48 Å². The van der Waals surface area contributed by atoms with Crippen molar-refractivity contribution in [3.05, 3.63) is 11.2 Å². The van der Waals surface area contributed by atoms with Gasteiger partial charge in [0.05, 0.1) is 5.25 Å². The van der Waals surface area contributed by atoms with Crippen LogP contribution in [0, 0.1) is 0 Å². The molecule has 4 heteroatoms. The lowest BCUT2D eigenvalue weighted by Crippen LogP contribution is -2.29. The quantitative estimate of drug-likeness (QED) is 0.525. The van der Waals surface area contributed by atoms with Gasteiger partial charge in [-0.05, 0) is 0 Å². The maximum Gasteiger partial charge on any atom is 0.186 e. The summed E-state index contributed by atoms with van der Waals surface area (Å²) in [7, 11) is 0. The molecule has 0 aliphatic carbocycles. The number of nitrogens with one attached hydrogen (secondary N) is 1. The summed E-state index contributed by atoms with van der Waals surface area (Å²) in [5, 5.41) is 2.52. The van der Waals surface area contributed by atoms with Crippen molar-refractivity contribution in [1.82, 2.24) is 5.48 Å². The van der Waals surface area contributed by atoms with Crippen LogP contribution in [0.15, 0.2) is 11.2 Å².